The summed E-state index contributed by atoms with van der Waals surface area (Å²) in [4.78, 5) is 18.9. The highest BCUT2D eigenvalue weighted by molar-refractivity contribution is 7.89. The first-order valence-electron chi connectivity index (χ1n) is 10.6. The monoisotopic (exact) mass is 428 g/mol. The molecule has 0 radical (unpaired) electrons. The molecule has 2 aliphatic rings. The standard InChI is InChI=1S/C22H28N4O3S/c27-22(20-9-8-18-5-1-2-6-19(18)17-20)24-11-16-30(28,29)26-14-12-25(13-15-26)21-7-3-4-10-23-21/h3-4,7-10,17H,1-2,5-6,11-16H2,(H,24,27). The number of aromatic nitrogens is 1. The van der Waals surface area contributed by atoms with E-state index in [1.54, 1.807) is 6.20 Å². The molecule has 30 heavy (non-hydrogen) atoms. The lowest BCUT2D eigenvalue weighted by atomic mass is 9.90. The number of sulfonamides is 1. The van der Waals surface area contributed by atoms with Crippen molar-refractivity contribution in [3.8, 4) is 0 Å². The van der Waals surface area contributed by atoms with Gasteiger partial charge in [0.25, 0.3) is 5.91 Å². The molecule has 1 aliphatic carbocycles. The molecule has 0 atom stereocenters. The number of piperazine rings is 1. The minimum absolute atomic E-state index is 0.0900. The fraction of sp³-hybridized carbons (Fsp3) is 0.455. The van der Waals surface area contributed by atoms with Crippen LogP contribution in [0.4, 0.5) is 5.82 Å². The van der Waals surface area contributed by atoms with Crippen LogP contribution in [0.1, 0.15) is 34.3 Å². The van der Waals surface area contributed by atoms with Gasteiger partial charge < -0.3 is 10.2 Å². The molecule has 1 aliphatic heterocycles. The van der Waals surface area contributed by atoms with Crippen molar-refractivity contribution in [3.63, 3.8) is 0 Å². The lowest BCUT2D eigenvalue weighted by Crippen LogP contribution is -2.50. The number of carbonyl (C=O) groups excluding carboxylic acids is 1. The van der Waals surface area contributed by atoms with Crippen molar-refractivity contribution in [2.45, 2.75) is 25.7 Å². The Morgan fingerprint density at radius 3 is 2.50 bits per heavy atom. The summed E-state index contributed by atoms with van der Waals surface area (Å²) in [5.41, 5.74) is 3.18. The zero-order chi connectivity index (χ0) is 21.0. The molecule has 8 heteroatoms. The minimum atomic E-state index is -3.41. The molecule has 0 spiro atoms. The number of anilines is 1. The highest BCUT2D eigenvalue weighted by atomic mass is 32.2. The highest BCUT2D eigenvalue weighted by Gasteiger charge is 2.27. The summed E-state index contributed by atoms with van der Waals surface area (Å²) < 4.78 is 26.9. The van der Waals surface area contributed by atoms with E-state index < -0.39 is 10.0 Å². The van der Waals surface area contributed by atoms with E-state index in [2.05, 4.69) is 15.2 Å². The molecule has 1 amide bonds. The van der Waals surface area contributed by atoms with Crippen LogP contribution in [0.5, 0.6) is 0 Å². The van der Waals surface area contributed by atoms with Gasteiger partial charge in [0.1, 0.15) is 5.82 Å². The molecule has 2 heterocycles. The molecule has 1 N–H and O–H groups in total. The second-order valence-electron chi connectivity index (χ2n) is 7.84. The largest absolute Gasteiger partial charge is 0.354 e. The normalized spacial score (nSPS) is 17.4. The Hall–Kier alpha value is -2.45. The molecule has 1 saturated heterocycles. The number of amides is 1. The second-order valence-corrected chi connectivity index (χ2v) is 9.93. The summed E-state index contributed by atoms with van der Waals surface area (Å²) in [6.45, 7) is 2.18. The molecular weight excluding hydrogens is 400 g/mol. The van der Waals surface area contributed by atoms with Crippen LogP contribution in [0.2, 0.25) is 0 Å². The van der Waals surface area contributed by atoms with E-state index in [9.17, 15) is 13.2 Å². The van der Waals surface area contributed by atoms with Crippen molar-refractivity contribution in [2.75, 3.05) is 43.4 Å². The number of pyridine rings is 1. The van der Waals surface area contributed by atoms with E-state index in [1.807, 2.05) is 36.4 Å². The van der Waals surface area contributed by atoms with E-state index in [1.165, 1.54) is 21.9 Å². The molecular formula is C22H28N4O3S. The van der Waals surface area contributed by atoms with Gasteiger partial charge >= 0.3 is 0 Å². The van der Waals surface area contributed by atoms with Crippen LogP contribution in [0, 0.1) is 0 Å². The van der Waals surface area contributed by atoms with Crippen LogP contribution >= 0.6 is 0 Å². The molecule has 1 aromatic carbocycles. The number of hydrogen-bond acceptors (Lipinski definition) is 5. The Kier molecular flexibility index (Phi) is 6.34. The van der Waals surface area contributed by atoms with Gasteiger partial charge in [0.15, 0.2) is 0 Å². The predicted octanol–water partition coefficient (Wildman–Crippen LogP) is 1.84. The summed E-state index contributed by atoms with van der Waals surface area (Å²) in [6, 6.07) is 11.5. The first-order valence-corrected chi connectivity index (χ1v) is 12.2. The third-order valence-corrected chi connectivity index (χ3v) is 7.73. The Balaban J connectivity index is 1.27. The van der Waals surface area contributed by atoms with Crippen LogP contribution in [-0.4, -0.2) is 62.1 Å². The Morgan fingerprint density at radius 1 is 1.00 bits per heavy atom. The van der Waals surface area contributed by atoms with E-state index in [-0.39, 0.29) is 18.2 Å². The number of hydrogen-bond donors (Lipinski definition) is 1. The lowest BCUT2D eigenvalue weighted by Gasteiger charge is -2.34. The van der Waals surface area contributed by atoms with Gasteiger partial charge in [-0.1, -0.05) is 12.1 Å². The molecule has 1 aromatic heterocycles. The minimum Gasteiger partial charge on any atom is -0.354 e. The van der Waals surface area contributed by atoms with Crippen LogP contribution < -0.4 is 10.2 Å². The maximum atomic E-state index is 12.7. The van der Waals surface area contributed by atoms with Crippen molar-refractivity contribution in [3.05, 3.63) is 59.3 Å². The molecule has 7 nitrogen and oxygen atoms in total. The average molecular weight is 429 g/mol. The second kappa shape index (κ2) is 9.14. The van der Waals surface area contributed by atoms with Crippen molar-refractivity contribution in [1.29, 1.82) is 0 Å². The van der Waals surface area contributed by atoms with Gasteiger partial charge in [-0.15, -0.1) is 0 Å². The third-order valence-electron chi connectivity index (χ3n) is 5.86. The predicted molar refractivity (Wildman–Crippen MR) is 117 cm³/mol. The Bertz CT molecular complexity index is 987. The van der Waals surface area contributed by atoms with Gasteiger partial charge in [-0.25, -0.2) is 13.4 Å². The van der Waals surface area contributed by atoms with Crippen LogP contribution in [0.25, 0.3) is 0 Å². The number of aryl methyl sites for hydroxylation is 2. The molecule has 1 fully saturated rings. The van der Waals surface area contributed by atoms with Gasteiger partial charge in [-0.05, 0) is 61.1 Å². The molecule has 2 aromatic rings. The van der Waals surface area contributed by atoms with Crippen molar-refractivity contribution in [1.82, 2.24) is 14.6 Å². The first kappa shape index (κ1) is 20.8. The van der Waals surface area contributed by atoms with Crippen molar-refractivity contribution < 1.29 is 13.2 Å². The van der Waals surface area contributed by atoms with Gasteiger partial charge in [-0.2, -0.15) is 4.31 Å². The van der Waals surface area contributed by atoms with Crippen LogP contribution in [0.3, 0.4) is 0 Å². The van der Waals surface area contributed by atoms with E-state index >= 15 is 0 Å². The number of nitrogens with one attached hydrogen (secondary N) is 1. The fourth-order valence-corrected chi connectivity index (χ4v) is 5.47. The first-order chi connectivity index (χ1) is 14.5. The van der Waals surface area contributed by atoms with E-state index in [4.69, 9.17) is 0 Å². The summed E-state index contributed by atoms with van der Waals surface area (Å²) in [6.07, 6.45) is 6.18. The zero-order valence-corrected chi connectivity index (χ0v) is 17.9. The summed E-state index contributed by atoms with van der Waals surface area (Å²) in [5, 5.41) is 2.77. The van der Waals surface area contributed by atoms with E-state index in [0.717, 1.165) is 25.1 Å². The molecule has 0 saturated carbocycles. The third kappa shape index (κ3) is 4.82. The topological polar surface area (TPSA) is 82.6 Å². The zero-order valence-electron chi connectivity index (χ0n) is 17.1. The van der Waals surface area contributed by atoms with Gasteiger partial charge in [-0.3, -0.25) is 4.79 Å². The van der Waals surface area contributed by atoms with Crippen LogP contribution in [-0.2, 0) is 22.9 Å². The van der Waals surface area contributed by atoms with Gasteiger partial charge in [0, 0.05) is 44.5 Å². The van der Waals surface area contributed by atoms with Gasteiger partial charge in [0.2, 0.25) is 10.0 Å². The van der Waals surface area contributed by atoms with Gasteiger partial charge in [0.05, 0.1) is 5.75 Å². The van der Waals surface area contributed by atoms with Crippen molar-refractivity contribution in [2.24, 2.45) is 0 Å². The average Bonchev–Trinajstić information content (AvgIpc) is 2.79. The number of fused-ring (bicyclic) bond motifs is 1. The number of rotatable bonds is 6. The highest BCUT2D eigenvalue weighted by Crippen LogP contribution is 2.22. The Labute approximate surface area is 178 Å². The molecule has 0 unspecified atom stereocenters. The maximum absolute atomic E-state index is 12.7. The number of carbonyl (C=O) groups is 1. The van der Waals surface area contributed by atoms with Crippen LogP contribution in [0.15, 0.2) is 42.6 Å². The van der Waals surface area contributed by atoms with E-state index in [0.29, 0.717) is 31.7 Å². The smallest absolute Gasteiger partial charge is 0.251 e. The Morgan fingerprint density at radius 2 is 1.77 bits per heavy atom. The fourth-order valence-electron chi connectivity index (χ4n) is 4.14. The SMILES string of the molecule is O=C(NCCS(=O)(=O)N1CCN(c2ccccn2)CC1)c1ccc2c(c1)CCCC2. The molecule has 4 rings (SSSR count). The maximum Gasteiger partial charge on any atom is 0.251 e. The summed E-state index contributed by atoms with van der Waals surface area (Å²) in [5.74, 6) is 0.568. The van der Waals surface area contributed by atoms with Crippen molar-refractivity contribution >= 4 is 21.7 Å². The summed E-state index contributed by atoms with van der Waals surface area (Å²) in [7, 11) is -3.41. The quantitative estimate of drug-likeness (QED) is 0.759. The molecule has 0 bridgehead atoms. The number of benzene rings is 1. The number of nitrogens with zero attached hydrogens (tertiary/aromatic N) is 3. The summed E-state index contributed by atoms with van der Waals surface area (Å²) >= 11 is 0. The lowest BCUT2D eigenvalue weighted by molar-refractivity contribution is 0.0956. The molecule has 160 valence electrons.